The summed E-state index contributed by atoms with van der Waals surface area (Å²) < 4.78 is 55.3. The normalized spacial score (nSPS) is 11.7. The Morgan fingerprint density at radius 1 is 1.21 bits per heavy atom. The molecule has 1 heterocycles. The molecule has 28 heavy (non-hydrogen) atoms. The smallest absolute Gasteiger partial charge is 0.236 e. The zero-order valence-corrected chi connectivity index (χ0v) is 16.9. The SMILES string of the molecule is COCCS(=O)(=O)Nc1noc2cc(COc3ccc(Cl)c(F)c3)c(Cl)cc12. The maximum atomic E-state index is 13.5. The van der Waals surface area contributed by atoms with Crippen molar-refractivity contribution in [3.05, 3.63) is 51.8 Å². The van der Waals surface area contributed by atoms with Crippen LogP contribution in [0.25, 0.3) is 11.0 Å². The fourth-order valence-corrected chi connectivity index (χ4v) is 3.57. The van der Waals surface area contributed by atoms with Crippen LogP contribution in [0.15, 0.2) is 34.9 Å². The van der Waals surface area contributed by atoms with Crippen molar-refractivity contribution in [2.24, 2.45) is 0 Å². The molecule has 0 aliphatic rings. The van der Waals surface area contributed by atoms with Gasteiger partial charge in [0.2, 0.25) is 10.0 Å². The number of sulfonamides is 1. The molecule has 7 nitrogen and oxygen atoms in total. The number of rotatable bonds is 8. The number of benzene rings is 2. The van der Waals surface area contributed by atoms with E-state index in [1.807, 2.05) is 0 Å². The van der Waals surface area contributed by atoms with Crippen molar-refractivity contribution in [1.82, 2.24) is 5.16 Å². The Kier molecular flexibility index (Phi) is 6.29. The van der Waals surface area contributed by atoms with Crippen molar-refractivity contribution in [3.8, 4) is 5.75 Å². The highest BCUT2D eigenvalue weighted by Crippen LogP contribution is 2.30. The molecule has 1 N–H and O–H groups in total. The second-order valence-electron chi connectivity index (χ2n) is 5.75. The van der Waals surface area contributed by atoms with E-state index in [2.05, 4.69) is 9.88 Å². The van der Waals surface area contributed by atoms with Crippen molar-refractivity contribution >= 4 is 50.0 Å². The Balaban J connectivity index is 1.79. The lowest BCUT2D eigenvalue weighted by Crippen LogP contribution is -2.19. The maximum absolute atomic E-state index is 13.5. The molecular formula is C17H15Cl2FN2O5S. The van der Waals surface area contributed by atoms with Crippen LogP contribution in [0, 0.1) is 5.82 Å². The third-order valence-electron chi connectivity index (χ3n) is 3.73. The predicted molar refractivity (Wildman–Crippen MR) is 104 cm³/mol. The summed E-state index contributed by atoms with van der Waals surface area (Å²) in [4.78, 5) is 0. The lowest BCUT2D eigenvalue weighted by Gasteiger charge is -2.09. The molecule has 1 aromatic heterocycles. The molecule has 0 amide bonds. The summed E-state index contributed by atoms with van der Waals surface area (Å²) in [6.07, 6.45) is 0. The molecular weight excluding hydrogens is 434 g/mol. The molecule has 0 bridgehead atoms. The van der Waals surface area contributed by atoms with E-state index in [4.69, 9.17) is 37.2 Å². The minimum atomic E-state index is -3.65. The monoisotopic (exact) mass is 448 g/mol. The third kappa shape index (κ3) is 4.85. The summed E-state index contributed by atoms with van der Waals surface area (Å²) in [6, 6.07) is 7.16. The molecule has 3 rings (SSSR count). The van der Waals surface area contributed by atoms with E-state index in [1.165, 1.54) is 25.3 Å². The predicted octanol–water partition coefficient (Wildman–Crippen LogP) is 4.24. The lowest BCUT2D eigenvalue weighted by molar-refractivity contribution is 0.217. The van der Waals surface area contributed by atoms with Gasteiger partial charge in [0.25, 0.3) is 0 Å². The number of hydrogen-bond acceptors (Lipinski definition) is 6. The Hall–Kier alpha value is -2.07. The van der Waals surface area contributed by atoms with Crippen LogP contribution in [-0.2, 0) is 21.4 Å². The van der Waals surface area contributed by atoms with Gasteiger partial charge in [-0.1, -0.05) is 28.4 Å². The number of nitrogens with zero attached hydrogens (tertiary/aromatic N) is 1. The van der Waals surface area contributed by atoms with Gasteiger partial charge in [-0.2, -0.15) is 0 Å². The topological polar surface area (TPSA) is 90.7 Å². The fraction of sp³-hybridized carbons (Fsp3) is 0.235. The molecule has 0 radical (unpaired) electrons. The third-order valence-corrected chi connectivity index (χ3v) is 5.60. The van der Waals surface area contributed by atoms with E-state index in [9.17, 15) is 12.8 Å². The molecule has 0 atom stereocenters. The summed E-state index contributed by atoms with van der Waals surface area (Å²) >= 11 is 11.9. The molecule has 0 unspecified atom stereocenters. The van der Waals surface area contributed by atoms with Crippen molar-refractivity contribution in [2.45, 2.75) is 6.61 Å². The summed E-state index contributed by atoms with van der Waals surface area (Å²) in [6.45, 7) is 0.0735. The van der Waals surface area contributed by atoms with E-state index in [0.717, 1.165) is 6.07 Å². The van der Waals surface area contributed by atoms with Gasteiger partial charge in [0, 0.05) is 23.8 Å². The Morgan fingerprint density at radius 2 is 2.00 bits per heavy atom. The Labute approximate surface area is 170 Å². The van der Waals surface area contributed by atoms with Crippen LogP contribution in [-0.4, -0.2) is 33.0 Å². The fourth-order valence-electron chi connectivity index (χ4n) is 2.30. The van der Waals surface area contributed by atoms with Crippen LogP contribution in [0.1, 0.15) is 5.56 Å². The molecule has 11 heteroatoms. The number of fused-ring (bicyclic) bond motifs is 1. The lowest BCUT2D eigenvalue weighted by atomic mass is 10.2. The summed E-state index contributed by atoms with van der Waals surface area (Å²) in [5.41, 5.74) is 0.865. The second-order valence-corrected chi connectivity index (χ2v) is 8.41. The zero-order chi connectivity index (χ0) is 20.3. The largest absolute Gasteiger partial charge is 0.489 e. The van der Waals surface area contributed by atoms with Crippen molar-refractivity contribution in [1.29, 1.82) is 0 Å². The number of ether oxygens (including phenoxy) is 2. The summed E-state index contributed by atoms with van der Waals surface area (Å²) in [5.74, 6) is -0.515. The number of hydrogen-bond donors (Lipinski definition) is 1. The average molecular weight is 449 g/mol. The summed E-state index contributed by atoms with van der Waals surface area (Å²) in [5, 5.41) is 4.44. The van der Waals surface area contributed by atoms with Crippen molar-refractivity contribution in [3.63, 3.8) is 0 Å². The van der Waals surface area contributed by atoms with Gasteiger partial charge in [-0.15, -0.1) is 0 Å². The van der Waals surface area contributed by atoms with E-state index in [0.29, 0.717) is 21.6 Å². The van der Waals surface area contributed by atoms with Crippen LogP contribution in [0.2, 0.25) is 10.0 Å². The number of nitrogens with one attached hydrogen (secondary N) is 1. The highest BCUT2D eigenvalue weighted by atomic mass is 35.5. The minimum absolute atomic E-state index is 0.00561. The molecule has 2 aromatic carbocycles. The first-order valence-corrected chi connectivity index (χ1v) is 10.3. The van der Waals surface area contributed by atoms with Gasteiger partial charge in [0.05, 0.1) is 22.8 Å². The molecule has 0 aliphatic heterocycles. The number of anilines is 1. The molecule has 0 fully saturated rings. The van der Waals surface area contributed by atoms with Gasteiger partial charge in [-0.25, -0.2) is 12.8 Å². The van der Waals surface area contributed by atoms with Crippen LogP contribution in [0.3, 0.4) is 0 Å². The van der Waals surface area contributed by atoms with E-state index in [-0.39, 0.29) is 35.6 Å². The molecule has 3 aromatic rings. The zero-order valence-electron chi connectivity index (χ0n) is 14.5. The van der Waals surface area contributed by atoms with Gasteiger partial charge in [-0.3, -0.25) is 4.72 Å². The average Bonchev–Trinajstić information content (AvgIpc) is 3.02. The quantitative estimate of drug-likeness (QED) is 0.553. The molecule has 0 saturated heterocycles. The summed E-state index contributed by atoms with van der Waals surface area (Å²) in [7, 11) is -2.24. The van der Waals surface area contributed by atoms with Crippen LogP contribution in [0.5, 0.6) is 5.75 Å². The van der Waals surface area contributed by atoms with E-state index >= 15 is 0 Å². The van der Waals surface area contributed by atoms with Crippen LogP contribution >= 0.6 is 23.2 Å². The van der Waals surface area contributed by atoms with Gasteiger partial charge in [0.15, 0.2) is 11.4 Å². The first kappa shape index (κ1) is 20.7. The molecule has 0 aliphatic carbocycles. The van der Waals surface area contributed by atoms with Gasteiger partial charge in [-0.05, 0) is 24.3 Å². The number of halogens is 3. The molecule has 0 spiro atoms. The van der Waals surface area contributed by atoms with E-state index < -0.39 is 15.8 Å². The van der Waals surface area contributed by atoms with Gasteiger partial charge in [0.1, 0.15) is 18.2 Å². The van der Waals surface area contributed by atoms with Gasteiger partial charge >= 0.3 is 0 Å². The standard InChI is InChI=1S/C17H15Cl2FN2O5S/c1-25-4-5-28(23,24)22-17-12-8-14(19)10(6-16(12)27-21-17)9-26-11-2-3-13(18)15(20)7-11/h2-3,6-8H,4-5,9H2,1H3,(H,21,22). The number of methoxy groups -OCH3 is 1. The highest BCUT2D eigenvalue weighted by molar-refractivity contribution is 7.92. The molecule has 150 valence electrons. The van der Waals surface area contributed by atoms with Crippen LogP contribution < -0.4 is 9.46 Å². The Morgan fingerprint density at radius 3 is 2.71 bits per heavy atom. The first-order valence-electron chi connectivity index (χ1n) is 7.94. The minimum Gasteiger partial charge on any atom is -0.489 e. The van der Waals surface area contributed by atoms with Gasteiger partial charge < -0.3 is 14.0 Å². The second kappa shape index (κ2) is 8.52. The maximum Gasteiger partial charge on any atom is 0.236 e. The highest BCUT2D eigenvalue weighted by Gasteiger charge is 2.18. The van der Waals surface area contributed by atoms with Crippen LogP contribution in [0.4, 0.5) is 10.2 Å². The van der Waals surface area contributed by atoms with E-state index in [1.54, 1.807) is 6.07 Å². The van der Waals surface area contributed by atoms with Crippen molar-refractivity contribution in [2.75, 3.05) is 24.2 Å². The number of aromatic nitrogens is 1. The van der Waals surface area contributed by atoms with Crippen molar-refractivity contribution < 1.29 is 26.8 Å². The Bertz CT molecular complexity index is 1100. The molecule has 0 saturated carbocycles. The first-order chi connectivity index (χ1) is 13.3.